The van der Waals surface area contributed by atoms with Gasteiger partial charge in [0, 0.05) is 12.7 Å². The molecule has 90 valence electrons. The standard InChI is InChI=1S/C9H8F3N5/c10-9(11,12)7-3-4-17(16-7)8-2-1-6(5-13)14-15-8/h1-4H,5,13H2. The maximum atomic E-state index is 12.3. The van der Waals surface area contributed by atoms with Crippen LogP contribution in [0.5, 0.6) is 0 Å². The first-order valence-electron chi connectivity index (χ1n) is 4.66. The van der Waals surface area contributed by atoms with Crippen molar-refractivity contribution in [1.29, 1.82) is 0 Å². The number of nitrogens with two attached hydrogens (primary N) is 1. The van der Waals surface area contributed by atoms with Gasteiger partial charge < -0.3 is 5.73 Å². The van der Waals surface area contributed by atoms with Gasteiger partial charge in [-0.2, -0.15) is 23.4 Å². The molecule has 0 bridgehead atoms. The van der Waals surface area contributed by atoms with Crippen molar-refractivity contribution in [2.45, 2.75) is 12.7 Å². The molecule has 0 aromatic carbocycles. The van der Waals surface area contributed by atoms with Gasteiger partial charge in [-0.25, -0.2) is 4.68 Å². The SMILES string of the molecule is NCc1ccc(-n2ccc(C(F)(F)F)n2)nn1. The Labute approximate surface area is 94.1 Å². The lowest BCUT2D eigenvalue weighted by atomic mass is 10.4. The Kier molecular flexibility index (Phi) is 2.80. The van der Waals surface area contributed by atoms with E-state index in [0.717, 1.165) is 10.7 Å². The van der Waals surface area contributed by atoms with Gasteiger partial charge in [-0.3, -0.25) is 0 Å². The van der Waals surface area contributed by atoms with Gasteiger partial charge in [-0.15, -0.1) is 5.10 Å². The smallest absolute Gasteiger partial charge is 0.325 e. The van der Waals surface area contributed by atoms with Crippen LogP contribution in [0.1, 0.15) is 11.4 Å². The van der Waals surface area contributed by atoms with Crippen LogP contribution in [0.4, 0.5) is 13.2 Å². The summed E-state index contributed by atoms with van der Waals surface area (Å²) in [4.78, 5) is 0. The number of hydrogen-bond acceptors (Lipinski definition) is 4. The van der Waals surface area contributed by atoms with Crippen molar-refractivity contribution in [2.75, 3.05) is 0 Å². The van der Waals surface area contributed by atoms with E-state index in [1.54, 1.807) is 6.07 Å². The highest BCUT2D eigenvalue weighted by Gasteiger charge is 2.33. The Morgan fingerprint density at radius 1 is 1.18 bits per heavy atom. The van der Waals surface area contributed by atoms with E-state index in [4.69, 9.17) is 5.73 Å². The van der Waals surface area contributed by atoms with Crippen molar-refractivity contribution in [3.8, 4) is 5.82 Å². The van der Waals surface area contributed by atoms with Crippen LogP contribution in [-0.2, 0) is 12.7 Å². The Balaban J connectivity index is 2.30. The van der Waals surface area contributed by atoms with Crippen LogP contribution in [0.25, 0.3) is 5.82 Å². The quantitative estimate of drug-likeness (QED) is 0.858. The predicted octanol–water partition coefficient (Wildman–Crippen LogP) is 1.14. The zero-order valence-corrected chi connectivity index (χ0v) is 8.52. The van der Waals surface area contributed by atoms with Crippen LogP contribution in [0.2, 0.25) is 0 Å². The number of aromatic nitrogens is 4. The number of rotatable bonds is 2. The second-order valence-electron chi connectivity index (χ2n) is 3.23. The van der Waals surface area contributed by atoms with E-state index < -0.39 is 11.9 Å². The Morgan fingerprint density at radius 2 is 1.94 bits per heavy atom. The van der Waals surface area contributed by atoms with Gasteiger partial charge in [-0.05, 0) is 18.2 Å². The zero-order chi connectivity index (χ0) is 12.5. The first-order valence-corrected chi connectivity index (χ1v) is 4.66. The van der Waals surface area contributed by atoms with Gasteiger partial charge in [0.05, 0.1) is 5.69 Å². The normalized spacial score (nSPS) is 11.8. The lowest BCUT2D eigenvalue weighted by Crippen LogP contribution is -2.09. The van der Waals surface area contributed by atoms with Crippen LogP contribution in [0.15, 0.2) is 24.4 Å². The highest BCUT2D eigenvalue weighted by atomic mass is 19.4. The third-order valence-corrected chi connectivity index (χ3v) is 2.03. The largest absolute Gasteiger partial charge is 0.435 e. The average Bonchev–Trinajstić information content (AvgIpc) is 2.78. The molecule has 0 amide bonds. The molecular formula is C9H8F3N5. The van der Waals surface area contributed by atoms with Crippen LogP contribution < -0.4 is 5.73 Å². The summed E-state index contributed by atoms with van der Waals surface area (Å²) in [7, 11) is 0. The number of nitrogens with zero attached hydrogens (tertiary/aromatic N) is 4. The number of hydrogen-bond donors (Lipinski definition) is 1. The van der Waals surface area contributed by atoms with Crippen LogP contribution in [0.3, 0.4) is 0 Å². The molecule has 2 N–H and O–H groups in total. The van der Waals surface area contributed by atoms with Crippen molar-refractivity contribution < 1.29 is 13.2 Å². The lowest BCUT2D eigenvalue weighted by molar-refractivity contribution is -0.141. The first kappa shape index (κ1) is 11.5. The molecule has 8 heteroatoms. The van der Waals surface area contributed by atoms with E-state index in [1.807, 2.05) is 0 Å². The Morgan fingerprint density at radius 3 is 2.41 bits per heavy atom. The topological polar surface area (TPSA) is 69.6 Å². The van der Waals surface area contributed by atoms with Gasteiger partial charge in [0.1, 0.15) is 0 Å². The second-order valence-corrected chi connectivity index (χ2v) is 3.23. The molecule has 0 radical (unpaired) electrons. The summed E-state index contributed by atoms with van der Waals surface area (Å²) in [6.07, 6.45) is -3.29. The molecule has 2 aromatic rings. The molecular weight excluding hydrogens is 235 g/mol. The maximum Gasteiger partial charge on any atom is 0.435 e. The summed E-state index contributed by atoms with van der Waals surface area (Å²) < 4.78 is 37.9. The summed E-state index contributed by atoms with van der Waals surface area (Å²) in [6.45, 7) is 0.222. The summed E-state index contributed by atoms with van der Waals surface area (Å²) in [5, 5.41) is 10.8. The van der Waals surface area contributed by atoms with E-state index in [1.165, 1.54) is 12.3 Å². The highest BCUT2D eigenvalue weighted by Crippen LogP contribution is 2.27. The second kappa shape index (κ2) is 4.13. The van der Waals surface area contributed by atoms with E-state index in [0.29, 0.717) is 5.69 Å². The molecule has 0 fully saturated rings. The molecule has 0 aliphatic carbocycles. The van der Waals surface area contributed by atoms with Gasteiger partial charge >= 0.3 is 6.18 Å². The summed E-state index contributed by atoms with van der Waals surface area (Å²) in [6, 6.07) is 3.96. The van der Waals surface area contributed by atoms with Crippen molar-refractivity contribution in [3.63, 3.8) is 0 Å². The minimum atomic E-state index is -4.46. The van der Waals surface area contributed by atoms with Crippen LogP contribution >= 0.6 is 0 Å². The molecule has 2 rings (SSSR count). The lowest BCUT2D eigenvalue weighted by Gasteiger charge is -2.02. The molecule has 0 saturated heterocycles. The minimum absolute atomic E-state index is 0.206. The molecule has 0 aliphatic rings. The fourth-order valence-electron chi connectivity index (χ4n) is 1.19. The zero-order valence-electron chi connectivity index (χ0n) is 8.52. The van der Waals surface area contributed by atoms with Crippen molar-refractivity contribution in [2.24, 2.45) is 5.73 Å². The molecule has 0 spiro atoms. The molecule has 0 atom stereocenters. The third kappa shape index (κ3) is 2.41. The van der Waals surface area contributed by atoms with Gasteiger partial charge in [-0.1, -0.05) is 0 Å². The Hall–Kier alpha value is -1.96. The van der Waals surface area contributed by atoms with Gasteiger partial charge in [0.25, 0.3) is 0 Å². The van der Waals surface area contributed by atoms with E-state index in [9.17, 15) is 13.2 Å². The van der Waals surface area contributed by atoms with Crippen LogP contribution in [-0.4, -0.2) is 20.0 Å². The van der Waals surface area contributed by atoms with Crippen molar-refractivity contribution in [3.05, 3.63) is 35.8 Å². The molecule has 0 saturated carbocycles. The molecule has 5 nitrogen and oxygen atoms in total. The van der Waals surface area contributed by atoms with E-state index >= 15 is 0 Å². The maximum absolute atomic E-state index is 12.3. The fraction of sp³-hybridized carbons (Fsp3) is 0.222. The highest BCUT2D eigenvalue weighted by molar-refractivity contribution is 5.21. The predicted molar refractivity (Wildman–Crippen MR) is 52.0 cm³/mol. The monoisotopic (exact) mass is 243 g/mol. The Bertz CT molecular complexity index is 502. The van der Waals surface area contributed by atoms with E-state index in [-0.39, 0.29) is 12.4 Å². The molecule has 17 heavy (non-hydrogen) atoms. The number of halogens is 3. The summed E-state index contributed by atoms with van der Waals surface area (Å²) in [5.74, 6) is 0.206. The molecule has 2 aromatic heterocycles. The number of alkyl halides is 3. The van der Waals surface area contributed by atoms with Crippen molar-refractivity contribution in [1.82, 2.24) is 20.0 Å². The minimum Gasteiger partial charge on any atom is -0.325 e. The average molecular weight is 243 g/mol. The molecule has 0 unspecified atom stereocenters. The fourth-order valence-corrected chi connectivity index (χ4v) is 1.19. The molecule has 2 heterocycles. The van der Waals surface area contributed by atoms with Crippen LogP contribution in [0, 0.1) is 0 Å². The first-order chi connectivity index (χ1) is 8.00. The third-order valence-electron chi connectivity index (χ3n) is 2.03. The summed E-state index contributed by atoms with van der Waals surface area (Å²) in [5.41, 5.74) is 4.91. The summed E-state index contributed by atoms with van der Waals surface area (Å²) >= 11 is 0. The molecule has 0 aliphatic heterocycles. The van der Waals surface area contributed by atoms with Gasteiger partial charge in [0.15, 0.2) is 11.5 Å². The van der Waals surface area contributed by atoms with E-state index in [2.05, 4.69) is 15.3 Å². The van der Waals surface area contributed by atoms with Gasteiger partial charge in [0.2, 0.25) is 0 Å². The van der Waals surface area contributed by atoms with Crippen molar-refractivity contribution >= 4 is 0 Å².